The van der Waals surface area contributed by atoms with Crippen LogP contribution in [0, 0.1) is 5.92 Å². The van der Waals surface area contributed by atoms with Crippen molar-refractivity contribution in [1.29, 1.82) is 0 Å². The molecule has 1 aliphatic rings. The highest BCUT2D eigenvalue weighted by molar-refractivity contribution is 6.30. The number of carbonyl (C=O) groups is 4. The molecule has 1 aliphatic heterocycles. The van der Waals surface area contributed by atoms with Gasteiger partial charge in [-0.15, -0.1) is 0 Å². The van der Waals surface area contributed by atoms with Gasteiger partial charge >= 0.3 is 6.03 Å². The van der Waals surface area contributed by atoms with E-state index in [1.165, 1.54) is 20.3 Å². The Morgan fingerprint density at radius 2 is 1.61 bits per heavy atom. The van der Waals surface area contributed by atoms with Gasteiger partial charge in [-0.3, -0.25) is 24.2 Å². The van der Waals surface area contributed by atoms with Crippen molar-refractivity contribution in [3.05, 3.63) is 41.6 Å². The number of hydrogen-bond donors (Lipinski definition) is 1. The molecule has 23 heavy (non-hydrogen) atoms. The maximum absolute atomic E-state index is 12.1. The average molecular weight is 336 g/mol. The Kier molecular flexibility index (Phi) is 4.80. The fraction of sp³-hybridized carbons (Fsp3) is 0.200. The number of hydrogen-bond acceptors (Lipinski definition) is 5. The molecule has 0 aliphatic carbocycles. The number of imide groups is 2. The van der Waals surface area contributed by atoms with E-state index in [4.69, 9.17) is 11.6 Å². The lowest BCUT2D eigenvalue weighted by Crippen LogP contribution is -2.58. The fourth-order valence-electron chi connectivity index (χ4n) is 2.01. The monoisotopic (exact) mass is 335 g/mol. The van der Waals surface area contributed by atoms with E-state index in [9.17, 15) is 19.2 Å². The molecular weight excluding hydrogens is 322 g/mol. The number of carbonyl (C=O) groups excluding carboxylic acids is 4. The van der Waals surface area contributed by atoms with Gasteiger partial charge in [0, 0.05) is 31.0 Å². The predicted molar refractivity (Wildman–Crippen MR) is 83.6 cm³/mol. The lowest BCUT2D eigenvalue weighted by Gasteiger charge is -2.31. The molecule has 0 bridgehead atoms. The number of nitrogens with zero attached hydrogens (tertiary/aromatic N) is 2. The highest BCUT2D eigenvalue weighted by atomic mass is 35.5. The van der Waals surface area contributed by atoms with Crippen LogP contribution in [0.2, 0.25) is 5.02 Å². The van der Waals surface area contributed by atoms with Gasteiger partial charge in [0.05, 0.1) is 0 Å². The molecule has 7 nitrogen and oxygen atoms in total. The third-order valence-corrected chi connectivity index (χ3v) is 3.61. The van der Waals surface area contributed by atoms with Gasteiger partial charge in [0.2, 0.25) is 0 Å². The first-order valence-corrected chi connectivity index (χ1v) is 7.02. The van der Waals surface area contributed by atoms with E-state index in [1.807, 2.05) is 0 Å². The van der Waals surface area contributed by atoms with E-state index in [0.717, 1.165) is 15.9 Å². The molecule has 0 saturated carbocycles. The number of ketones is 1. The fourth-order valence-corrected chi connectivity index (χ4v) is 2.14. The summed E-state index contributed by atoms with van der Waals surface area (Å²) >= 11 is 5.76. The summed E-state index contributed by atoms with van der Waals surface area (Å²) in [4.78, 5) is 49.2. The Hall–Kier alpha value is -2.67. The number of nitrogens with one attached hydrogen (secondary N) is 1. The summed E-state index contributed by atoms with van der Waals surface area (Å²) in [5.41, 5.74) is 0.684. The Morgan fingerprint density at radius 1 is 1.09 bits per heavy atom. The maximum Gasteiger partial charge on any atom is 0.332 e. The van der Waals surface area contributed by atoms with Crippen LogP contribution in [0.25, 0.3) is 0 Å². The van der Waals surface area contributed by atoms with Crippen LogP contribution in [-0.2, 0) is 14.4 Å². The van der Waals surface area contributed by atoms with Crippen molar-refractivity contribution in [2.75, 3.05) is 19.4 Å². The van der Waals surface area contributed by atoms with Crippen LogP contribution in [0.3, 0.4) is 0 Å². The molecule has 1 aromatic carbocycles. The van der Waals surface area contributed by atoms with Crippen molar-refractivity contribution in [3.63, 3.8) is 0 Å². The zero-order chi connectivity index (χ0) is 17.1. The van der Waals surface area contributed by atoms with Gasteiger partial charge in [-0.1, -0.05) is 11.6 Å². The molecule has 1 heterocycles. The molecule has 1 N–H and O–H groups in total. The number of rotatable bonds is 4. The van der Waals surface area contributed by atoms with E-state index in [-0.39, 0.29) is 0 Å². The predicted octanol–water partition coefficient (Wildman–Crippen LogP) is 1.50. The van der Waals surface area contributed by atoms with Crippen LogP contribution in [0.1, 0.15) is 0 Å². The van der Waals surface area contributed by atoms with Crippen LogP contribution in [0.4, 0.5) is 10.5 Å². The van der Waals surface area contributed by atoms with Crippen molar-refractivity contribution in [1.82, 2.24) is 9.80 Å². The lowest BCUT2D eigenvalue weighted by molar-refractivity contribution is -0.150. The van der Waals surface area contributed by atoms with Crippen molar-refractivity contribution in [2.24, 2.45) is 5.92 Å². The van der Waals surface area contributed by atoms with Gasteiger partial charge in [-0.25, -0.2) is 4.79 Å². The molecule has 1 saturated heterocycles. The second-order valence-electron chi connectivity index (χ2n) is 4.90. The van der Waals surface area contributed by atoms with E-state index in [0.29, 0.717) is 10.7 Å². The Balaban J connectivity index is 2.08. The molecule has 0 aromatic heterocycles. The molecule has 0 unspecified atom stereocenters. The van der Waals surface area contributed by atoms with Crippen LogP contribution >= 0.6 is 11.6 Å². The molecule has 0 radical (unpaired) electrons. The first-order valence-electron chi connectivity index (χ1n) is 6.64. The topological polar surface area (TPSA) is 86.8 Å². The maximum atomic E-state index is 12.1. The van der Waals surface area contributed by atoms with Crippen LogP contribution < -0.4 is 5.32 Å². The minimum Gasteiger partial charge on any atom is -0.362 e. The number of urea groups is 1. The van der Waals surface area contributed by atoms with Crippen LogP contribution in [0.15, 0.2) is 36.5 Å². The third-order valence-electron chi connectivity index (χ3n) is 3.36. The molecule has 2 rings (SSSR count). The number of allylic oxidation sites excluding steroid dienone is 1. The van der Waals surface area contributed by atoms with Crippen molar-refractivity contribution >= 4 is 40.9 Å². The summed E-state index contributed by atoms with van der Waals surface area (Å²) < 4.78 is 0. The standard InChI is InChI=1S/C15H14ClN3O4/c1-18-13(21)12(14(22)19(2)15(18)23)11(20)7-8-17-10-5-3-9(16)4-6-10/h3-8,12,17H,1-2H3/b8-7+. The second kappa shape index (κ2) is 6.62. The van der Waals surface area contributed by atoms with E-state index in [1.54, 1.807) is 24.3 Å². The smallest absolute Gasteiger partial charge is 0.332 e. The highest BCUT2D eigenvalue weighted by Crippen LogP contribution is 2.17. The quantitative estimate of drug-likeness (QED) is 0.665. The van der Waals surface area contributed by atoms with Crippen molar-refractivity contribution < 1.29 is 19.2 Å². The van der Waals surface area contributed by atoms with E-state index < -0.39 is 29.5 Å². The molecule has 8 heteroatoms. The minimum absolute atomic E-state index is 0.574. The average Bonchev–Trinajstić information content (AvgIpc) is 2.53. The number of benzene rings is 1. The molecule has 0 atom stereocenters. The molecule has 4 amide bonds. The molecule has 1 fully saturated rings. The number of anilines is 1. The molecule has 120 valence electrons. The number of barbiturate groups is 1. The normalized spacial score (nSPS) is 16.4. The molecule has 0 spiro atoms. The number of halogens is 1. The Labute approximate surface area is 137 Å². The van der Waals surface area contributed by atoms with E-state index in [2.05, 4.69) is 5.32 Å². The largest absolute Gasteiger partial charge is 0.362 e. The van der Waals surface area contributed by atoms with Gasteiger partial charge in [-0.2, -0.15) is 0 Å². The lowest BCUT2D eigenvalue weighted by atomic mass is 9.99. The third kappa shape index (κ3) is 3.40. The summed E-state index contributed by atoms with van der Waals surface area (Å²) in [7, 11) is 2.45. The SMILES string of the molecule is CN1C(=O)C(C(=O)/C=C/Nc2ccc(Cl)cc2)C(=O)N(C)C1=O. The van der Waals surface area contributed by atoms with Gasteiger partial charge in [0.25, 0.3) is 11.8 Å². The van der Waals surface area contributed by atoms with Gasteiger partial charge in [-0.05, 0) is 30.3 Å². The van der Waals surface area contributed by atoms with E-state index >= 15 is 0 Å². The van der Waals surface area contributed by atoms with Gasteiger partial charge in [0.15, 0.2) is 11.7 Å². The van der Waals surface area contributed by atoms with Crippen LogP contribution in [-0.4, -0.2) is 47.5 Å². The molecule has 1 aromatic rings. The Morgan fingerprint density at radius 3 is 2.13 bits per heavy atom. The highest BCUT2D eigenvalue weighted by Gasteiger charge is 2.45. The summed E-state index contributed by atoms with van der Waals surface area (Å²) in [6.07, 6.45) is 2.41. The summed E-state index contributed by atoms with van der Waals surface area (Å²) in [6.45, 7) is 0. The first-order chi connectivity index (χ1) is 10.8. The van der Waals surface area contributed by atoms with Gasteiger partial charge < -0.3 is 5.32 Å². The van der Waals surface area contributed by atoms with Crippen LogP contribution in [0.5, 0.6) is 0 Å². The summed E-state index contributed by atoms with van der Waals surface area (Å²) in [5.74, 6) is -3.91. The molecular formula is C15H14ClN3O4. The zero-order valence-corrected chi connectivity index (χ0v) is 13.2. The zero-order valence-electron chi connectivity index (χ0n) is 12.4. The Bertz CT molecular complexity index is 675. The van der Waals surface area contributed by atoms with Crippen molar-refractivity contribution in [3.8, 4) is 0 Å². The first kappa shape index (κ1) is 16.7. The summed E-state index contributed by atoms with van der Waals surface area (Å²) in [6, 6.07) is 5.99. The van der Waals surface area contributed by atoms with Gasteiger partial charge in [0.1, 0.15) is 0 Å². The second-order valence-corrected chi connectivity index (χ2v) is 5.33. The van der Waals surface area contributed by atoms with Crippen molar-refractivity contribution in [2.45, 2.75) is 0 Å². The summed E-state index contributed by atoms with van der Waals surface area (Å²) in [5, 5.41) is 3.40. The minimum atomic E-state index is -1.54. The number of amides is 4.